The van der Waals surface area contributed by atoms with Gasteiger partial charge in [-0.25, -0.2) is 9.59 Å². The normalized spacial score (nSPS) is 14.6. The molecule has 4 N–H and O–H groups in total. The summed E-state index contributed by atoms with van der Waals surface area (Å²) in [6, 6.07) is 4.56. The molecule has 0 aliphatic rings. The van der Waals surface area contributed by atoms with Gasteiger partial charge in [0.25, 0.3) is 0 Å². The van der Waals surface area contributed by atoms with E-state index >= 15 is 0 Å². The fourth-order valence-electron chi connectivity index (χ4n) is 4.05. The molecule has 1 rings (SSSR count). The zero-order valence-corrected chi connectivity index (χ0v) is 24.8. The number of aliphatic carboxylic acids is 2. The van der Waals surface area contributed by atoms with Crippen molar-refractivity contribution in [1.82, 2.24) is 5.32 Å². The van der Waals surface area contributed by atoms with Crippen LogP contribution in [0.5, 0.6) is 11.5 Å². The van der Waals surface area contributed by atoms with Crippen LogP contribution in [-0.2, 0) is 25.5 Å². The number of methoxy groups -OCH3 is 1. The number of hydrogen-bond acceptors (Lipinski definition) is 8. The standard InChI is InChI=1S/C29H47NO10/c1-18(2)21(16-22(23(31)13-19(3)27(34)35)30-28(36)40-29(4,5)6)14-20-9-10-24(39-17-26(32)33)25(15-20)38-12-8-11-37-7/h9-10,15,18-19,21-23,31H,8,11-14,16-17H2,1-7H3,(H,30,36)(H,32,33)(H,34,35). The Hall–Kier alpha value is -3.05. The molecular formula is C29H47NO10. The minimum absolute atomic E-state index is 0.0261. The number of nitrogens with one attached hydrogen (secondary N) is 1. The number of hydrogen-bond donors (Lipinski definition) is 4. The van der Waals surface area contributed by atoms with Crippen molar-refractivity contribution in [2.75, 3.05) is 26.9 Å². The summed E-state index contributed by atoms with van der Waals surface area (Å²) in [5.41, 5.74) is 0.155. The van der Waals surface area contributed by atoms with Gasteiger partial charge in [-0.3, -0.25) is 4.79 Å². The van der Waals surface area contributed by atoms with Crippen molar-refractivity contribution in [3.05, 3.63) is 23.8 Å². The van der Waals surface area contributed by atoms with Crippen molar-refractivity contribution >= 4 is 18.0 Å². The van der Waals surface area contributed by atoms with Crippen LogP contribution in [0.4, 0.5) is 4.79 Å². The molecule has 0 saturated heterocycles. The maximum absolute atomic E-state index is 12.6. The van der Waals surface area contributed by atoms with E-state index in [4.69, 9.17) is 24.1 Å². The Balaban J connectivity index is 3.18. The first-order chi connectivity index (χ1) is 18.6. The van der Waals surface area contributed by atoms with Crippen LogP contribution < -0.4 is 14.8 Å². The van der Waals surface area contributed by atoms with Gasteiger partial charge in [0, 0.05) is 20.1 Å². The first-order valence-electron chi connectivity index (χ1n) is 13.6. The van der Waals surface area contributed by atoms with E-state index in [-0.39, 0.29) is 18.3 Å². The zero-order chi connectivity index (χ0) is 30.5. The fraction of sp³-hybridized carbons (Fsp3) is 0.690. The molecule has 11 nitrogen and oxygen atoms in total. The van der Waals surface area contributed by atoms with E-state index in [2.05, 4.69) is 5.32 Å². The second-order valence-electron chi connectivity index (χ2n) is 11.4. The Morgan fingerprint density at radius 1 is 0.975 bits per heavy atom. The first-order valence-corrected chi connectivity index (χ1v) is 13.6. The van der Waals surface area contributed by atoms with E-state index in [1.165, 1.54) is 6.92 Å². The molecule has 0 fully saturated rings. The monoisotopic (exact) mass is 569 g/mol. The van der Waals surface area contributed by atoms with Gasteiger partial charge in [-0.05, 0) is 69.6 Å². The third kappa shape index (κ3) is 13.8. The van der Waals surface area contributed by atoms with E-state index in [9.17, 15) is 24.6 Å². The van der Waals surface area contributed by atoms with Gasteiger partial charge < -0.3 is 39.6 Å². The molecule has 4 unspecified atom stereocenters. The molecule has 0 heterocycles. The highest BCUT2D eigenvalue weighted by molar-refractivity contribution is 5.70. The van der Waals surface area contributed by atoms with Crippen molar-refractivity contribution in [2.45, 2.75) is 85.0 Å². The Morgan fingerprint density at radius 3 is 2.20 bits per heavy atom. The molecule has 40 heavy (non-hydrogen) atoms. The number of aliphatic hydroxyl groups is 1. The number of alkyl carbamates (subject to hydrolysis) is 1. The lowest BCUT2D eigenvalue weighted by atomic mass is 9.82. The molecule has 4 atom stereocenters. The average molecular weight is 570 g/mol. The van der Waals surface area contributed by atoms with Crippen LogP contribution in [0.2, 0.25) is 0 Å². The summed E-state index contributed by atoms with van der Waals surface area (Å²) in [4.78, 5) is 35.0. The lowest BCUT2D eigenvalue weighted by Gasteiger charge is -2.32. The first kappa shape index (κ1) is 35.0. The Morgan fingerprint density at radius 2 is 1.65 bits per heavy atom. The van der Waals surface area contributed by atoms with E-state index in [1.54, 1.807) is 40.0 Å². The SMILES string of the molecule is COCCCOc1cc(CC(CC(NC(=O)OC(C)(C)C)C(O)CC(C)C(=O)O)C(C)C)ccc1OCC(=O)O. The van der Waals surface area contributed by atoms with Crippen LogP contribution in [0.25, 0.3) is 0 Å². The molecular weight excluding hydrogens is 522 g/mol. The highest BCUT2D eigenvalue weighted by atomic mass is 16.6. The second kappa shape index (κ2) is 16.9. The third-order valence-electron chi connectivity index (χ3n) is 6.29. The highest BCUT2D eigenvalue weighted by Gasteiger charge is 2.31. The lowest BCUT2D eigenvalue weighted by Crippen LogP contribution is -2.47. The van der Waals surface area contributed by atoms with Crippen LogP contribution in [-0.4, -0.2) is 78.0 Å². The third-order valence-corrected chi connectivity index (χ3v) is 6.29. The van der Waals surface area contributed by atoms with E-state index in [1.807, 2.05) is 19.9 Å². The van der Waals surface area contributed by atoms with Crippen molar-refractivity contribution < 1.29 is 48.7 Å². The van der Waals surface area contributed by atoms with Gasteiger partial charge >= 0.3 is 18.0 Å². The molecule has 0 aliphatic carbocycles. The molecule has 0 radical (unpaired) electrons. The Bertz CT molecular complexity index is 943. The summed E-state index contributed by atoms with van der Waals surface area (Å²) >= 11 is 0. The molecule has 1 amide bonds. The number of ether oxygens (including phenoxy) is 4. The fourth-order valence-corrected chi connectivity index (χ4v) is 4.05. The van der Waals surface area contributed by atoms with Gasteiger partial charge in [-0.15, -0.1) is 0 Å². The molecule has 1 aromatic rings. The number of benzene rings is 1. The zero-order valence-electron chi connectivity index (χ0n) is 24.8. The maximum atomic E-state index is 12.6. The molecule has 0 spiro atoms. The van der Waals surface area contributed by atoms with Gasteiger partial charge in [0.2, 0.25) is 0 Å². The number of aliphatic hydroxyl groups excluding tert-OH is 1. The van der Waals surface area contributed by atoms with Crippen LogP contribution in [0.3, 0.4) is 0 Å². The summed E-state index contributed by atoms with van der Waals surface area (Å²) in [5.74, 6) is -2.09. The number of carbonyl (C=O) groups is 3. The van der Waals surface area contributed by atoms with Crippen LogP contribution >= 0.6 is 0 Å². The minimum Gasteiger partial charge on any atom is -0.490 e. The molecule has 11 heteroatoms. The Kier molecular flexibility index (Phi) is 14.8. The number of carboxylic acids is 2. The van der Waals surface area contributed by atoms with Crippen molar-refractivity contribution in [3.63, 3.8) is 0 Å². The van der Waals surface area contributed by atoms with Crippen LogP contribution in [0.15, 0.2) is 18.2 Å². The van der Waals surface area contributed by atoms with E-state index in [0.29, 0.717) is 44.0 Å². The molecule has 1 aromatic carbocycles. The summed E-state index contributed by atoms with van der Waals surface area (Å²) in [7, 11) is 1.60. The second-order valence-corrected chi connectivity index (χ2v) is 11.4. The van der Waals surface area contributed by atoms with Crippen molar-refractivity contribution in [3.8, 4) is 11.5 Å². The van der Waals surface area contributed by atoms with Crippen LogP contribution in [0.1, 0.15) is 66.4 Å². The van der Waals surface area contributed by atoms with Gasteiger partial charge in [-0.1, -0.05) is 26.8 Å². The Labute approximate surface area is 237 Å². The van der Waals surface area contributed by atoms with Gasteiger partial charge in [-0.2, -0.15) is 0 Å². The summed E-state index contributed by atoms with van der Waals surface area (Å²) in [6.45, 7) is 11.1. The number of amides is 1. The molecule has 0 aromatic heterocycles. The number of carbonyl (C=O) groups excluding carboxylic acids is 1. The largest absolute Gasteiger partial charge is 0.490 e. The predicted molar refractivity (Wildman–Crippen MR) is 149 cm³/mol. The quantitative estimate of drug-likeness (QED) is 0.189. The molecule has 0 aliphatic heterocycles. The smallest absolute Gasteiger partial charge is 0.407 e. The summed E-state index contributed by atoms with van der Waals surface area (Å²) in [6.07, 6.45) is -0.265. The van der Waals surface area contributed by atoms with Gasteiger partial charge in [0.05, 0.1) is 24.7 Å². The topological polar surface area (TPSA) is 161 Å². The minimum atomic E-state index is -1.11. The van der Waals surface area contributed by atoms with E-state index < -0.39 is 48.3 Å². The summed E-state index contributed by atoms with van der Waals surface area (Å²) < 4.78 is 21.7. The van der Waals surface area contributed by atoms with Crippen molar-refractivity contribution in [1.29, 1.82) is 0 Å². The molecule has 0 bridgehead atoms. The maximum Gasteiger partial charge on any atom is 0.407 e. The average Bonchev–Trinajstić information content (AvgIpc) is 2.83. The van der Waals surface area contributed by atoms with Gasteiger partial charge in [0.15, 0.2) is 18.1 Å². The summed E-state index contributed by atoms with van der Waals surface area (Å²) in [5, 5.41) is 32.1. The highest BCUT2D eigenvalue weighted by Crippen LogP contribution is 2.32. The van der Waals surface area contributed by atoms with Gasteiger partial charge in [0.1, 0.15) is 5.60 Å². The van der Waals surface area contributed by atoms with E-state index in [0.717, 1.165) is 5.56 Å². The number of carboxylic acid groups (broad SMARTS) is 2. The van der Waals surface area contributed by atoms with Crippen LogP contribution in [0, 0.1) is 17.8 Å². The predicted octanol–water partition coefficient (Wildman–Crippen LogP) is 4.14. The lowest BCUT2D eigenvalue weighted by molar-refractivity contribution is -0.142. The van der Waals surface area contributed by atoms with Crippen molar-refractivity contribution in [2.24, 2.45) is 17.8 Å². The molecule has 228 valence electrons. The number of rotatable bonds is 18. The molecule has 0 saturated carbocycles.